The first-order valence-electron chi connectivity index (χ1n) is 6.02. The summed E-state index contributed by atoms with van der Waals surface area (Å²) in [6, 6.07) is 7.16. The highest BCUT2D eigenvalue weighted by molar-refractivity contribution is 14.1. The van der Waals surface area contributed by atoms with Gasteiger partial charge in [-0.15, -0.1) is 0 Å². The zero-order valence-corrected chi connectivity index (χ0v) is 13.6. The SMILES string of the molecule is NCCCn1cc(S(=O)(=O)Nc2cccc(I)c2)cn1. The molecule has 20 heavy (non-hydrogen) atoms. The van der Waals surface area contributed by atoms with E-state index in [1.54, 1.807) is 22.9 Å². The lowest BCUT2D eigenvalue weighted by atomic mass is 10.3. The Bertz CT molecular complexity index is 684. The zero-order chi connectivity index (χ0) is 14.6. The highest BCUT2D eigenvalue weighted by Crippen LogP contribution is 2.17. The molecule has 1 aromatic heterocycles. The van der Waals surface area contributed by atoms with Crippen molar-refractivity contribution in [3.05, 3.63) is 40.2 Å². The molecule has 2 aromatic rings. The van der Waals surface area contributed by atoms with E-state index in [9.17, 15) is 8.42 Å². The number of benzene rings is 1. The largest absolute Gasteiger partial charge is 0.330 e. The number of nitrogens with zero attached hydrogens (tertiary/aromatic N) is 2. The summed E-state index contributed by atoms with van der Waals surface area (Å²) in [4.78, 5) is 0.147. The summed E-state index contributed by atoms with van der Waals surface area (Å²) in [5, 5.41) is 4.02. The molecule has 0 saturated heterocycles. The Morgan fingerprint density at radius 3 is 2.90 bits per heavy atom. The third kappa shape index (κ3) is 3.93. The van der Waals surface area contributed by atoms with Crippen molar-refractivity contribution in [2.24, 2.45) is 5.73 Å². The van der Waals surface area contributed by atoms with Gasteiger partial charge in [0, 0.05) is 22.0 Å². The van der Waals surface area contributed by atoms with Crippen LogP contribution < -0.4 is 10.5 Å². The summed E-state index contributed by atoms with van der Waals surface area (Å²) in [5.74, 6) is 0. The Kier molecular flexibility index (Phi) is 5.00. The predicted molar refractivity (Wildman–Crippen MR) is 85.9 cm³/mol. The predicted octanol–water partition coefficient (Wildman–Crippen LogP) is 1.64. The Morgan fingerprint density at radius 2 is 2.20 bits per heavy atom. The summed E-state index contributed by atoms with van der Waals surface area (Å²) in [5.41, 5.74) is 5.95. The first kappa shape index (κ1) is 15.3. The summed E-state index contributed by atoms with van der Waals surface area (Å²) in [6.45, 7) is 1.15. The molecule has 1 heterocycles. The Labute approximate surface area is 131 Å². The van der Waals surface area contributed by atoms with Crippen LogP contribution in [0.25, 0.3) is 0 Å². The molecule has 6 nitrogen and oxygen atoms in total. The molecule has 0 amide bonds. The van der Waals surface area contributed by atoms with E-state index < -0.39 is 10.0 Å². The van der Waals surface area contributed by atoms with E-state index in [1.165, 1.54) is 12.4 Å². The minimum absolute atomic E-state index is 0.147. The van der Waals surface area contributed by atoms with Crippen LogP contribution in [0, 0.1) is 3.57 Å². The van der Waals surface area contributed by atoms with Gasteiger partial charge in [-0.3, -0.25) is 9.40 Å². The van der Waals surface area contributed by atoms with Crippen molar-refractivity contribution in [2.45, 2.75) is 17.9 Å². The molecule has 2 rings (SSSR count). The fourth-order valence-electron chi connectivity index (χ4n) is 1.62. The third-order valence-corrected chi connectivity index (χ3v) is 4.59. The van der Waals surface area contributed by atoms with Gasteiger partial charge in [0.2, 0.25) is 0 Å². The number of sulfonamides is 1. The fraction of sp³-hybridized carbons (Fsp3) is 0.250. The van der Waals surface area contributed by atoms with Crippen molar-refractivity contribution in [1.82, 2.24) is 9.78 Å². The lowest BCUT2D eigenvalue weighted by molar-refractivity contribution is 0.582. The third-order valence-electron chi connectivity index (χ3n) is 2.59. The molecular formula is C12H15IN4O2S. The summed E-state index contributed by atoms with van der Waals surface area (Å²) < 4.78 is 29.5. The van der Waals surface area contributed by atoms with Crippen molar-refractivity contribution in [3.63, 3.8) is 0 Å². The van der Waals surface area contributed by atoms with E-state index in [0.717, 1.165) is 9.99 Å². The molecular weight excluding hydrogens is 391 g/mol. The van der Waals surface area contributed by atoms with Gasteiger partial charge in [0.15, 0.2) is 0 Å². The highest BCUT2D eigenvalue weighted by Gasteiger charge is 2.16. The molecule has 0 aliphatic carbocycles. The molecule has 0 aliphatic heterocycles. The van der Waals surface area contributed by atoms with Crippen molar-refractivity contribution in [1.29, 1.82) is 0 Å². The summed E-state index contributed by atoms with van der Waals surface area (Å²) in [7, 11) is -3.60. The van der Waals surface area contributed by atoms with Crippen molar-refractivity contribution >= 4 is 38.3 Å². The number of nitrogens with one attached hydrogen (secondary N) is 1. The molecule has 1 aromatic carbocycles. The smallest absolute Gasteiger partial charge is 0.265 e. The van der Waals surface area contributed by atoms with Gasteiger partial charge in [0.25, 0.3) is 10.0 Å². The van der Waals surface area contributed by atoms with E-state index in [2.05, 4.69) is 32.4 Å². The molecule has 0 spiro atoms. The monoisotopic (exact) mass is 406 g/mol. The molecule has 0 atom stereocenters. The van der Waals surface area contributed by atoms with E-state index >= 15 is 0 Å². The van der Waals surface area contributed by atoms with Crippen LogP contribution in [0.15, 0.2) is 41.6 Å². The van der Waals surface area contributed by atoms with Gasteiger partial charge in [-0.2, -0.15) is 5.10 Å². The van der Waals surface area contributed by atoms with E-state index in [-0.39, 0.29) is 4.90 Å². The molecule has 0 radical (unpaired) electrons. The second kappa shape index (κ2) is 6.55. The molecule has 8 heteroatoms. The zero-order valence-electron chi connectivity index (χ0n) is 10.7. The average molecular weight is 406 g/mol. The van der Waals surface area contributed by atoms with E-state index in [0.29, 0.717) is 18.8 Å². The van der Waals surface area contributed by atoms with Gasteiger partial charge in [0.05, 0.1) is 6.20 Å². The second-order valence-electron chi connectivity index (χ2n) is 4.20. The minimum atomic E-state index is -3.60. The van der Waals surface area contributed by atoms with Crippen molar-refractivity contribution < 1.29 is 8.42 Å². The number of aryl methyl sites for hydroxylation is 1. The molecule has 0 fully saturated rings. The van der Waals surface area contributed by atoms with Gasteiger partial charge < -0.3 is 5.73 Å². The number of nitrogens with two attached hydrogens (primary N) is 1. The number of hydrogen-bond donors (Lipinski definition) is 2. The molecule has 0 bridgehead atoms. The topological polar surface area (TPSA) is 90.0 Å². The van der Waals surface area contributed by atoms with Crippen molar-refractivity contribution in [2.75, 3.05) is 11.3 Å². The highest BCUT2D eigenvalue weighted by atomic mass is 127. The number of anilines is 1. The van der Waals surface area contributed by atoms with Crippen LogP contribution in [-0.4, -0.2) is 24.7 Å². The van der Waals surface area contributed by atoms with Gasteiger partial charge >= 0.3 is 0 Å². The first-order chi connectivity index (χ1) is 9.51. The molecule has 3 N–H and O–H groups in total. The maximum Gasteiger partial charge on any atom is 0.265 e. The van der Waals surface area contributed by atoms with Crippen molar-refractivity contribution in [3.8, 4) is 0 Å². The first-order valence-corrected chi connectivity index (χ1v) is 8.58. The minimum Gasteiger partial charge on any atom is -0.330 e. The summed E-state index contributed by atoms with van der Waals surface area (Å²) >= 11 is 2.13. The van der Waals surface area contributed by atoms with Gasteiger partial charge in [-0.25, -0.2) is 8.42 Å². The van der Waals surface area contributed by atoms with Crippen LogP contribution in [0.3, 0.4) is 0 Å². The van der Waals surface area contributed by atoms with Crippen LogP contribution in [0.1, 0.15) is 6.42 Å². The maximum absolute atomic E-state index is 12.2. The van der Waals surface area contributed by atoms with E-state index in [4.69, 9.17) is 5.73 Å². The number of hydrogen-bond acceptors (Lipinski definition) is 4. The molecule has 0 aliphatic rings. The van der Waals surface area contributed by atoms with Gasteiger partial charge in [-0.1, -0.05) is 6.07 Å². The van der Waals surface area contributed by atoms with Gasteiger partial charge in [-0.05, 0) is 53.8 Å². The second-order valence-corrected chi connectivity index (χ2v) is 7.13. The number of halogens is 1. The summed E-state index contributed by atoms with van der Waals surface area (Å²) in [6.07, 6.45) is 3.60. The lowest BCUT2D eigenvalue weighted by Crippen LogP contribution is -2.12. The Hall–Kier alpha value is -1.13. The van der Waals surface area contributed by atoms with Gasteiger partial charge in [0.1, 0.15) is 4.90 Å². The average Bonchev–Trinajstić information content (AvgIpc) is 2.85. The molecule has 108 valence electrons. The standard InChI is InChI=1S/C12H15IN4O2S/c13-10-3-1-4-11(7-10)16-20(18,19)12-8-15-17(9-12)6-2-5-14/h1,3-4,7-9,16H,2,5-6,14H2. The van der Waals surface area contributed by atoms with Crippen LogP contribution in [0.4, 0.5) is 5.69 Å². The molecule has 0 unspecified atom stereocenters. The Morgan fingerprint density at radius 1 is 1.40 bits per heavy atom. The van der Waals surface area contributed by atoms with Crippen LogP contribution in [0.2, 0.25) is 0 Å². The lowest BCUT2D eigenvalue weighted by Gasteiger charge is -2.06. The van der Waals surface area contributed by atoms with Crippen LogP contribution in [0.5, 0.6) is 0 Å². The van der Waals surface area contributed by atoms with Crippen LogP contribution in [-0.2, 0) is 16.6 Å². The Balaban J connectivity index is 2.16. The number of aromatic nitrogens is 2. The van der Waals surface area contributed by atoms with E-state index in [1.807, 2.05) is 6.07 Å². The quantitative estimate of drug-likeness (QED) is 0.714. The fourth-order valence-corrected chi connectivity index (χ4v) is 3.17. The number of rotatable bonds is 6. The maximum atomic E-state index is 12.2. The van der Waals surface area contributed by atoms with Crippen LogP contribution >= 0.6 is 22.6 Å². The normalized spacial score (nSPS) is 11.5. The molecule has 0 saturated carbocycles.